The van der Waals surface area contributed by atoms with E-state index in [9.17, 15) is 4.39 Å². The summed E-state index contributed by atoms with van der Waals surface area (Å²) >= 11 is 0. The number of rotatable bonds is 3. The van der Waals surface area contributed by atoms with Crippen molar-refractivity contribution in [3.8, 4) is 0 Å². The van der Waals surface area contributed by atoms with Crippen LogP contribution in [0.3, 0.4) is 0 Å². The van der Waals surface area contributed by atoms with Gasteiger partial charge in [0.25, 0.3) is 0 Å². The van der Waals surface area contributed by atoms with Gasteiger partial charge in [-0.25, -0.2) is 4.39 Å². The van der Waals surface area contributed by atoms with Crippen molar-refractivity contribution < 1.29 is 8.81 Å². The van der Waals surface area contributed by atoms with Crippen molar-refractivity contribution in [3.05, 3.63) is 59.8 Å². The van der Waals surface area contributed by atoms with E-state index in [1.165, 1.54) is 12.1 Å². The third-order valence-electron chi connectivity index (χ3n) is 3.52. The summed E-state index contributed by atoms with van der Waals surface area (Å²) in [6.07, 6.45) is 1.69. The maximum Gasteiger partial charge on any atom is 0.125 e. The quantitative estimate of drug-likeness (QED) is 0.918. The molecule has 0 bridgehead atoms. The van der Waals surface area contributed by atoms with E-state index < -0.39 is 0 Å². The van der Waals surface area contributed by atoms with Gasteiger partial charge in [-0.2, -0.15) is 0 Å². The summed E-state index contributed by atoms with van der Waals surface area (Å²) in [5.74, 6) is 0.704. The van der Waals surface area contributed by atoms with Gasteiger partial charge in [0.1, 0.15) is 11.6 Å². The molecule has 0 aliphatic carbocycles. The first-order valence-electron chi connectivity index (χ1n) is 6.58. The Kier molecular flexibility index (Phi) is 3.62. The first-order valence-corrected chi connectivity index (χ1v) is 6.58. The highest BCUT2D eigenvalue weighted by Gasteiger charge is 2.25. The van der Waals surface area contributed by atoms with Gasteiger partial charge in [-0.05, 0) is 29.8 Å². The molecule has 0 amide bonds. The van der Waals surface area contributed by atoms with Crippen LogP contribution in [0.5, 0.6) is 0 Å². The normalized spacial score (nSPS) is 18.4. The van der Waals surface area contributed by atoms with E-state index in [-0.39, 0.29) is 11.9 Å². The molecule has 1 N–H and O–H groups in total. The van der Waals surface area contributed by atoms with E-state index in [1.54, 1.807) is 6.26 Å². The van der Waals surface area contributed by atoms with Gasteiger partial charge in [-0.15, -0.1) is 0 Å². The van der Waals surface area contributed by atoms with Gasteiger partial charge in [0, 0.05) is 26.2 Å². The van der Waals surface area contributed by atoms with Crippen molar-refractivity contribution in [1.29, 1.82) is 0 Å². The van der Waals surface area contributed by atoms with Gasteiger partial charge in [-0.1, -0.05) is 12.1 Å². The highest BCUT2D eigenvalue weighted by atomic mass is 19.1. The molecule has 1 aliphatic heterocycles. The molecule has 0 unspecified atom stereocenters. The van der Waals surface area contributed by atoms with Crippen molar-refractivity contribution in [2.75, 3.05) is 26.2 Å². The molecule has 0 spiro atoms. The topological polar surface area (TPSA) is 28.4 Å². The lowest BCUT2D eigenvalue weighted by molar-refractivity contribution is 0.180. The van der Waals surface area contributed by atoms with Crippen LogP contribution in [0.1, 0.15) is 17.4 Å². The van der Waals surface area contributed by atoms with Gasteiger partial charge >= 0.3 is 0 Å². The van der Waals surface area contributed by atoms with Gasteiger partial charge in [0.15, 0.2) is 0 Å². The summed E-state index contributed by atoms with van der Waals surface area (Å²) in [4.78, 5) is 2.36. The van der Waals surface area contributed by atoms with Crippen LogP contribution in [0.15, 0.2) is 47.1 Å². The lowest BCUT2D eigenvalue weighted by Gasteiger charge is -2.34. The van der Waals surface area contributed by atoms with E-state index in [0.717, 1.165) is 37.5 Å². The molecule has 0 radical (unpaired) electrons. The van der Waals surface area contributed by atoms with Crippen LogP contribution in [-0.2, 0) is 0 Å². The Bertz CT molecular complexity index is 503. The minimum absolute atomic E-state index is 0.0673. The number of hydrogen-bond acceptors (Lipinski definition) is 3. The molecule has 2 aromatic rings. The first kappa shape index (κ1) is 12.4. The molecule has 1 aromatic heterocycles. The van der Waals surface area contributed by atoms with Crippen LogP contribution in [-0.4, -0.2) is 31.1 Å². The third kappa shape index (κ3) is 2.69. The molecule has 3 rings (SSSR count). The molecule has 2 heterocycles. The molecule has 4 heteroatoms. The van der Waals surface area contributed by atoms with Crippen molar-refractivity contribution >= 4 is 0 Å². The SMILES string of the molecule is Fc1ccc([C@H](c2ccco2)N2CCNCC2)cc1. The number of piperazine rings is 1. The molecule has 0 saturated carbocycles. The Morgan fingerprint density at radius 2 is 1.84 bits per heavy atom. The van der Waals surface area contributed by atoms with E-state index in [2.05, 4.69) is 10.2 Å². The second-order valence-corrected chi connectivity index (χ2v) is 4.76. The number of furan rings is 1. The molecular weight excluding hydrogens is 243 g/mol. The van der Waals surface area contributed by atoms with Crippen molar-refractivity contribution in [2.24, 2.45) is 0 Å². The maximum atomic E-state index is 13.1. The number of nitrogens with one attached hydrogen (secondary N) is 1. The van der Waals surface area contributed by atoms with E-state index in [1.807, 2.05) is 24.3 Å². The molecule has 1 fully saturated rings. The Morgan fingerprint density at radius 3 is 2.47 bits per heavy atom. The monoisotopic (exact) mass is 260 g/mol. The van der Waals surface area contributed by atoms with Crippen LogP contribution in [0.25, 0.3) is 0 Å². The largest absolute Gasteiger partial charge is 0.467 e. The average Bonchev–Trinajstić information content (AvgIpc) is 2.96. The van der Waals surface area contributed by atoms with Crippen LogP contribution >= 0.6 is 0 Å². The zero-order valence-electron chi connectivity index (χ0n) is 10.7. The molecule has 1 aromatic carbocycles. The van der Waals surface area contributed by atoms with Gasteiger partial charge in [0.05, 0.1) is 12.3 Å². The lowest BCUT2D eigenvalue weighted by atomic mass is 10.0. The molecular formula is C15H17FN2O. The number of halogens is 1. The third-order valence-corrected chi connectivity index (χ3v) is 3.52. The maximum absolute atomic E-state index is 13.1. The number of benzene rings is 1. The summed E-state index contributed by atoms with van der Waals surface area (Å²) in [6, 6.07) is 10.6. The summed E-state index contributed by atoms with van der Waals surface area (Å²) in [7, 11) is 0. The summed E-state index contributed by atoms with van der Waals surface area (Å²) < 4.78 is 18.7. The Hall–Kier alpha value is -1.65. The zero-order valence-corrected chi connectivity index (χ0v) is 10.7. The Balaban J connectivity index is 1.93. The summed E-state index contributed by atoms with van der Waals surface area (Å²) in [5.41, 5.74) is 1.07. The first-order chi connectivity index (χ1) is 9.34. The van der Waals surface area contributed by atoms with E-state index in [4.69, 9.17) is 4.42 Å². The Labute approximate surface area is 112 Å². The minimum Gasteiger partial charge on any atom is -0.467 e. The molecule has 1 atom stereocenters. The van der Waals surface area contributed by atoms with Crippen molar-refractivity contribution in [3.63, 3.8) is 0 Å². The zero-order chi connectivity index (χ0) is 13.1. The smallest absolute Gasteiger partial charge is 0.125 e. The fraction of sp³-hybridized carbons (Fsp3) is 0.333. The molecule has 100 valence electrons. The predicted molar refractivity (Wildman–Crippen MR) is 71.4 cm³/mol. The standard InChI is InChI=1S/C15H17FN2O/c16-13-5-3-12(4-6-13)15(14-2-1-11-19-14)18-9-7-17-8-10-18/h1-6,11,15,17H,7-10H2/t15-/m1/s1. The van der Waals surface area contributed by atoms with Crippen molar-refractivity contribution in [1.82, 2.24) is 10.2 Å². The highest BCUT2D eigenvalue weighted by molar-refractivity contribution is 5.27. The van der Waals surface area contributed by atoms with E-state index >= 15 is 0 Å². The van der Waals surface area contributed by atoms with E-state index in [0.29, 0.717) is 0 Å². The molecule has 1 saturated heterocycles. The van der Waals surface area contributed by atoms with Gasteiger partial charge in [-0.3, -0.25) is 4.90 Å². The highest BCUT2D eigenvalue weighted by Crippen LogP contribution is 2.29. The molecule has 1 aliphatic rings. The second-order valence-electron chi connectivity index (χ2n) is 4.76. The van der Waals surface area contributed by atoms with Crippen LogP contribution in [0.4, 0.5) is 4.39 Å². The fourth-order valence-corrected chi connectivity index (χ4v) is 2.59. The van der Waals surface area contributed by atoms with Crippen LogP contribution in [0.2, 0.25) is 0 Å². The summed E-state index contributed by atoms with van der Waals surface area (Å²) in [5, 5.41) is 3.34. The van der Waals surface area contributed by atoms with Crippen molar-refractivity contribution in [2.45, 2.75) is 6.04 Å². The number of hydrogen-bond donors (Lipinski definition) is 1. The van der Waals surface area contributed by atoms with Crippen LogP contribution in [0, 0.1) is 5.82 Å². The molecule has 19 heavy (non-hydrogen) atoms. The number of nitrogens with zero attached hydrogens (tertiary/aromatic N) is 1. The molecule has 3 nitrogen and oxygen atoms in total. The van der Waals surface area contributed by atoms with Crippen LogP contribution < -0.4 is 5.32 Å². The lowest BCUT2D eigenvalue weighted by Crippen LogP contribution is -2.45. The Morgan fingerprint density at radius 1 is 1.11 bits per heavy atom. The summed E-state index contributed by atoms with van der Waals surface area (Å²) in [6.45, 7) is 3.86. The van der Waals surface area contributed by atoms with Gasteiger partial charge < -0.3 is 9.73 Å². The average molecular weight is 260 g/mol. The fourth-order valence-electron chi connectivity index (χ4n) is 2.59. The predicted octanol–water partition coefficient (Wildman–Crippen LogP) is 2.41. The minimum atomic E-state index is -0.206. The second kappa shape index (κ2) is 5.55. The van der Waals surface area contributed by atoms with Gasteiger partial charge in [0.2, 0.25) is 0 Å².